The maximum atomic E-state index is 12.5. The lowest BCUT2D eigenvalue weighted by molar-refractivity contribution is -0.141. The van der Waals surface area contributed by atoms with Gasteiger partial charge in [-0.3, -0.25) is 14.0 Å². The van der Waals surface area contributed by atoms with Crippen molar-refractivity contribution in [2.45, 2.75) is 12.7 Å². The third-order valence-corrected chi connectivity index (χ3v) is 2.62. The van der Waals surface area contributed by atoms with Crippen molar-refractivity contribution in [1.82, 2.24) is 14.3 Å². The standard InChI is InChI=1S/C11H8F5N3O/c1-18-7(5-8(17-18)11(14,15)16)6-2-3-19(10(12)13)9(20)4-6/h2-5,10H,1H3. The molecular formula is C11H8F5N3O. The maximum absolute atomic E-state index is 12.5. The highest BCUT2D eigenvalue weighted by Crippen LogP contribution is 2.31. The molecule has 9 heteroatoms. The first-order chi connectivity index (χ1) is 9.20. The Labute approximate surface area is 109 Å². The lowest BCUT2D eigenvalue weighted by Gasteiger charge is -2.05. The van der Waals surface area contributed by atoms with E-state index in [0.717, 1.165) is 29.1 Å². The molecule has 0 aliphatic rings. The van der Waals surface area contributed by atoms with Gasteiger partial charge in [-0.15, -0.1) is 0 Å². The zero-order valence-corrected chi connectivity index (χ0v) is 10.0. The summed E-state index contributed by atoms with van der Waals surface area (Å²) in [5.41, 5.74) is -2.03. The number of hydrogen-bond donors (Lipinski definition) is 0. The summed E-state index contributed by atoms with van der Waals surface area (Å²) in [5, 5.41) is 3.28. The quantitative estimate of drug-likeness (QED) is 0.799. The molecule has 20 heavy (non-hydrogen) atoms. The fourth-order valence-corrected chi connectivity index (χ4v) is 1.69. The van der Waals surface area contributed by atoms with Crippen LogP contribution in [0.5, 0.6) is 0 Å². The van der Waals surface area contributed by atoms with Crippen LogP contribution in [0.2, 0.25) is 0 Å². The Kier molecular flexibility index (Phi) is 3.36. The first-order valence-corrected chi connectivity index (χ1v) is 5.32. The van der Waals surface area contributed by atoms with Gasteiger partial charge < -0.3 is 0 Å². The first-order valence-electron chi connectivity index (χ1n) is 5.32. The zero-order chi connectivity index (χ0) is 15.1. The Morgan fingerprint density at radius 2 is 1.90 bits per heavy atom. The summed E-state index contributed by atoms with van der Waals surface area (Å²) >= 11 is 0. The monoisotopic (exact) mass is 293 g/mol. The van der Waals surface area contributed by atoms with Crippen LogP contribution in [-0.4, -0.2) is 14.3 Å². The lowest BCUT2D eigenvalue weighted by Crippen LogP contribution is -2.19. The minimum Gasteiger partial charge on any atom is -0.269 e. The van der Waals surface area contributed by atoms with Crippen LogP contribution in [0, 0.1) is 0 Å². The van der Waals surface area contributed by atoms with Crippen LogP contribution in [0.15, 0.2) is 29.2 Å². The third-order valence-electron chi connectivity index (χ3n) is 2.62. The van der Waals surface area contributed by atoms with Crippen LogP contribution in [0.3, 0.4) is 0 Å². The zero-order valence-electron chi connectivity index (χ0n) is 10.0. The van der Waals surface area contributed by atoms with Crippen LogP contribution < -0.4 is 5.56 Å². The average molecular weight is 293 g/mol. The molecule has 0 atom stereocenters. The molecule has 0 aliphatic heterocycles. The number of aromatic nitrogens is 3. The van der Waals surface area contributed by atoms with E-state index in [-0.39, 0.29) is 15.8 Å². The Morgan fingerprint density at radius 1 is 1.25 bits per heavy atom. The molecule has 0 saturated carbocycles. The highest BCUT2D eigenvalue weighted by molar-refractivity contribution is 5.59. The molecule has 0 radical (unpaired) electrons. The smallest absolute Gasteiger partial charge is 0.269 e. The lowest BCUT2D eigenvalue weighted by atomic mass is 10.2. The minimum absolute atomic E-state index is 0.0100. The van der Waals surface area contributed by atoms with E-state index in [1.165, 1.54) is 7.05 Å². The summed E-state index contributed by atoms with van der Waals surface area (Å²) in [7, 11) is 1.27. The third kappa shape index (κ3) is 2.56. The van der Waals surface area contributed by atoms with Gasteiger partial charge in [0.1, 0.15) is 0 Å². The summed E-state index contributed by atoms with van der Waals surface area (Å²) in [6.07, 6.45) is -3.80. The van der Waals surface area contributed by atoms with Gasteiger partial charge in [0.05, 0.1) is 5.69 Å². The second-order valence-electron chi connectivity index (χ2n) is 3.97. The average Bonchev–Trinajstić information content (AvgIpc) is 2.70. The minimum atomic E-state index is -4.62. The molecule has 0 N–H and O–H groups in total. The molecule has 0 spiro atoms. The van der Waals surface area contributed by atoms with E-state index >= 15 is 0 Å². The number of nitrogens with zero attached hydrogens (tertiary/aromatic N) is 3. The molecule has 2 aromatic heterocycles. The van der Waals surface area contributed by atoms with E-state index in [1.54, 1.807) is 0 Å². The van der Waals surface area contributed by atoms with E-state index in [2.05, 4.69) is 5.10 Å². The van der Waals surface area contributed by atoms with Crippen molar-refractivity contribution in [1.29, 1.82) is 0 Å². The molecule has 108 valence electrons. The van der Waals surface area contributed by atoms with Crippen molar-refractivity contribution in [2.24, 2.45) is 7.05 Å². The summed E-state index contributed by atoms with van der Waals surface area (Å²) < 4.78 is 63.4. The van der Waals surface area contributed by atoms with Gasteiger partial charge in [-0.2, -0.15) is 27.1 Å². The fourth-order valence-electron chi connectivity index (χ4n) is 1.69. The van der Waals surface area contributed by atoms with Gasteiger partial charge in [0.25, 0.3) is 5.56 Å². The van der Waals surface area contributed by atoms with Crippen LogP contribution >= 0.6 is 0 Å². The Hall–Kier alpha value is -2.19. The number of hydrogen-bond acceptors (Lipinski definition) is 2. The largest absolute Gasteiger partial charge is 0.435 e. The maximum Gasteiger partial charge on any atom is 0.435 e. The summed E-state index contributed by atoms with van der Waals surface area (Å²) in [5.74, 6) is 0. The molecular weight excluding hydrogens is 285 g/mol. The highest BCUT2D eigenvalue weighted by atomic mass is 19.4. The first kappa shape index (κ1) is 14.2. The van der Waals surface area contributed by atoms with Crippen LogP contribution in [0.1, 0.15) is 12.2 Å². The fraction of sp³-hybridized carbons (Fsp3) is 0.273. The van der Waals surface area contributed by atoms with Gasteiger partial charge in [0.15, 0.2) is 5.69 Å². The van der Waals surface area contributed by atoms with Crippen molar-refractivity contribution < 1.29 is 22.0 Å². The van der Waals surface area contributed by atoms with E-state index in [4.69, 9.17) is 0 Å². The summed E-state index contributed by atoms with van der Waals surface area (Å²) in [6.45, 7) is -3.01. The van der Waals surface area contributed by atoms with Gasteiger partial charge in [-0.05, 0) is 12.1 Å². The Bertz CT molecular complexity index is 686. The Morgan fingerprint density at radius 3 is 2.35 bits per heavy atom. The van der Waals surface area contributed by atoms with Crippen LogP contribution in [-0.2, 0) is 13.2 Å². The number of aryl methyl sites for hydroxylation is 1. The molecule has 0 saturated heterocycles. The molecule has 0 aliphatic carbocycles. The molecule has 4 nitrogen and oxygen atoms in total. The van der Waals surface area contributed by atoms with Crippen molar-refractivity contribution in [3.05, 3.63) is 40.4 Å². The van der Waals surface area contributed by atoms with Gasteiger partial charge in [0.2, 0.25) is 0 Å². The molecule has 0 fully saturated rings. The topological polar surface area (TPSA) is 39.8 Å². The second kappa shape index (κ2) is 4.73. The molecule has 0 amide bonds. The van der Waals surface area contributed by atoms with Crippen LogP contribution in [0.25, 0.3) is 11.3 Å². The van der Waals surface area contributed by atoms with E-state index in [1.807, 2.05) is 0 Å². The Balaban J connectivity index is 2.50. The van der Waals surface area contributed by atoms with Gasteiger partial charge in [-0.1, -0.05) is 0 Å². The highest BCUT2D eigenvalue weighted by Gasteiger charge is 2.34. The predicted octanol–water partition coefficient (Wildman–Crippen LogP) is 2.66. The van der Waals surface area contributed by atoms with E-state index < -0.39 is 24.0 Å². The predicted molar refractivity (Wildman–Crippen MR) is 59.2 cm³/mol. The second-order valence-corrected chi connectivity index (χ2v) is 3.97. The summed E-state index contributed by atoms with van der Waals surface area (Å²) in [6, 6.07) is 2.72. The van der Waals surface area contributed by atoms with Crippen molar-refractivity contribution in [3.63, 3.8) is 0 Å². The molecule has 2 aromatic rings. The number of halogens is 5. The number of alkyl halides is 5. The molecule has 2 heterocycles. The number of pyridine rings is 1. The van der Waals surface area contributed by atoms with Crippen molar-refractivity contribution >= 4 is 0 Å². The normalized spacial score (nSPS) is 12.2. The molecule has 0 aromatic carbocycles. The van der Waals surface area contributed by atoms with E-state index in [9.17, 15) is 26.7 Å². The molecule has 0 unspecified atom stereocenters. The SMILES string of the molecule is Cn1nc(C(F)(F)F)cc1-c1ccn(C(F)F)c(=O)c1. The van der Waals surface area contributed by atoms with Crippen molar-refractivity contribution in [3.8, 4) is 11.3 Å². The molecule has 2 rings (SSSR count). The van der Waals surface area contributed by atoms with Gasteiger partial charge >= 0.3 is 12.7 Å². The molecule has 0 bridgehead atoms. The van der Waals surface area contributed by atoms with Gasteiger partial charge in [0, 0.05) is 24.9 Å². The van der Waals surface area contributed by atoms with Crippen molar-refractivity contribution in [2.75, 3.05) is 0 Å². The van der Waals surface area contributed by atoms with E-state index in [0.29, 0.717) is 0 Å². The van der Waals surface area contributed by atoms with Crippen LogP contribution in [0.4, 0.5) is 22.0 Å². The summed E-state index contributed by atoms with van der Waals surface area (Å²) in [4.78, 5) is 11.4. The van der Waals surface area contributed by atoms with Gasteiger partial charge in [-0.25, -0.2) is 0 Å². The number of rotatable bonds is 2.